The first-order valence-corrected chi connectivity index (χ1v) is 5.89. The summed E-state index contributed by atoms with van der Waals surface area (Å²) in [5.41, 5.74) is 0.367. The van der Waals surface area contributed by atoms with Gasteiger partial charge in [-0.1, -0.05) is 16.8 Å². The molecular formula is C12H10ClN3O4. The van der Waals surface area contributed by atoms with Gasteiger partial charge in [0, 0.05) is 17.3 Å². The molecule has 1 aromatic heterocycles. The van der Waals surface area contributed by atoms with Crippen LogP contribution in [0.5, 0.6) is 5.75 Å². The summed E-state index contributed by atoms with van der Waals surface area (Å²) in [6.07, 6.45) is 2.73. The van der Waals surface area contributed by atoms with E-state index in [0.29, 0.717) is 10.7 Å². The summed E-state index contributed by atoms with van der Waals surface area (Å²) in [5, 5.41) is 27.1. The van der Waals surface area contributed by atoms with Crippen molar-refractivity contribution in [3.63, 3.8) is 0 Å². The molecule has 2 rings (SSSR count). The zero-order chi connectivity index (χ0) is 14.7. The lowest BCUT2D eigenvalue weighted by molar-refractivity contribution is -0.386. The smallest absolute Gasteiger partial charge is 0.338 e. The van der Waals surface area contributed by atoms with Crippen LogP contribution in [0.4, 0.5) is 11.4 Å². The highest BCUT2D eigenvalue weighted by Gasteiger charge is 2.21. The van der Waals surface area contributed by atoms with Crippen molar-refractivity contribution in [2.75, 3.05) is 5.32 Å². The van der Waals surface area contributed by atoms with Crippen LogP contribution >= 0.6 is 11.6 Å². The average Bonchev–Trinajstić information content (AvgIpc) is 2.75. The van der Waals surface area contributed by atoms with E-state index in [0.717, 1.165) is 0 Å². The lowest BCUT2D eigenvalue weighted by atomic mass is 10.3. The molecular weight excluding hydrogens is 286 g/mol. The lowest BCUT2D eigenvalue weighted by Gasteiger charge is -2.03. The van der Waals surface area contributed by atoms with Crippen molar-refractivity contribution >= 4 is 29.1 Å². The van der Waals surface area contributed by atoms with Gasteiger partial charge in [-0.3, -0.25) is 10.1 Å². The zero-order valence-corrected chi connectivity index (χ0v) is 11.1. The molecule has 20 heavy (non-hydrogen) atoms. The molecule has 2 aromatic rings. The van der Waals surface area contributed by atoms with Crippen molar-refractivity contribution < 1.29 is 14.6 Å². The molecule has 0 saturated heterocycles. The molecule has 0 saturated carbocycles. The van der Waals surface area contributed by atoms with Gasteiger partial charge in [-0.2, -0.15) is 0 Å². The lowest BCUT2D eigenvalue weighted by Crippen LogP contribution is -1.91. The first-order chi connectivity index (χ1) is 9.49. The van der Waals surface area contributed by atoms with Gasteiger partial charge in [0.1, 0.15) is 5.75 Å². The molecule has 0 spiro atoms. The van der Waals surface area contributed by atoms with E-state index in [-0.39, 0.29) is 22.9 Å². The van der Waals surface area contributed by atoms with Crippen molar-refractivity contribution in [3.8, 4) is 5.75 Å². The van der Waals surface area contributed by atoms with Gasteiger partial charge >= 0.3 is 5.69 Å². The average molecular weight is 296 g/mol. The summed E-state index contributed by atoms with van der Waals surface area (Å²) in [4.78, 5) is 10.3. The fourth-order valence-electron chi connectivity index (χ4n) is 1.54. The van der Waals surface area contributed by atoms with Crippen molar-refractivity contribution in [1.82, 2.24) is 5.16 Å². The largest absolute Gasteiger partial charge is 0.506 e. The third-order valence-corrected chi connectivity index (χ3v) is 2.71. The minimum atomic E-state index is -0.567. The predicted molar refractivity (Wildman–Crippen MR) is 73.7 cm³/mol. The first kappa shape index (κ1) is 13.9. The van der Waals surface area contributed by atoms with Gasteiger partial charge in [-0.05, 0) is 25.1 Å². The van der Waals surface area contributed by atoms with E-state index in [1.54, 1.807) is 0 Å². The molecule has 0 aliphatic heterocycles. The molecule has 0 bridgehead atoms. The highest BCUT2D eigenvalue weighted by Crippen LogP contribution is 2.27. The number of nitro groups is 1. The molecule has 0 fully saturated rings. The van der Waals surface area contributed by atoms with Crippen LogP contribution in [-0.4, -0.2) is 15.2 Å². The van der Waals surface area contributed by atoms with Gasteiger partial charge in [0.15, 0.2) is 5.69 Å². The number of phenolic OH excluding ortho intramolecular Hbond substituents is 1. The minimum Gasteiger partial charge on any atom is -0.506 e. The fraction of sp³-hybridized carbons (Fsp3) is 0.0833. The zero-order valence-electron chi connectivity index (χ0n) is 10.3. The second kappa shape index (κ2) is 5.62. The summed E-state index contributed by atoms with van der Waals surface area (Å²) in [6, 6.07) is 4.48. The molecule has 8 heteroatoms. The number of halogens is 1. The summed E-state index contributed by atoms with van der Waals surface area (Å²) < 4.78 is 4.84. The maximum absolute atomic E-state index is 10.8. The molecule has 2 N–H and O–H groups in total. The van der Waals surface area contributed by atoms with Crippen LogP contribution in [0.3, 0.4) is 0 Å². The first-order valence-electron chi connectivity index (χ1n) is 5.51. The van der Waals surface area contributed by atoms with E-state index in [1.807, 2.05) is 0 Å². The fourth-order valence-corrected chi connectivity index (χ4v) is 1.72. The molecule has 104 valence electrons. The molecule has 7 nitrogen and oxygen atoms in total. The van der Waals surface area contributed by atoms with E-state index in [1.165, 1.54) is 37.4 Å². The molecule has 1 aromatic carbocycles. The number of anilines is 1. The number of aryl methyl sites for hydroxylation is 1. The van der Waals surface area contributed by atoms with Crippen LogP contribution in [0.25, 0.3) is 6.08 Å². The van der Waals surface area contributed by atoms with Crippen molar-refractivity contribution in [3.05, 3.63) is 51.0 Å². The van der Waals surface area contributed by atoms with Gasteiger partial charge < -0.3 is 14.9 Å². The second-order valence-corrected chi connectivity index (χ2v) is 4.31. The Hall–Kier alpha value is -2.54. The summed E-state index contributed by atoms with van der Waals surface area (Å²) in [7, 11) is 0. The summed E-state index contributed by atoms with van der Waals surface area (Å²) in [5.74, 6) is 0.0174. The monoisotopic (exact) mass is 295 g/mol. The Balaban J connectivity index is 2.19. The number of rotatable bonds is 4. The normalized spacial score (nSPS) is 10.9. The Morgan fingerprint density at radius 3 is 3.00 bits per heavy atom. The Kier molecular flexibility index (Phi) is 3.90. The molecule has 0 unspecified atom stereocenters. The van der Waals surface area contributed by atoms with Crippen LogP contribution in [-0.2, 0) is 0 Å². The van der Waals surface area contributed by atoms with Crippen LogP contribution < -0.4 is 5.32 Å². The van der Waals surface area contributed by atoms with Crippen LogP contribution in [0.15, 0.2) is 28.9 Å². The van der Waals surface area contributed by atoms with E-state index < -0.39 is 4.92 Å². The number of hydrogen-bond donors (Lipinski definition) is 2. The molecule has 0 aliphatic carbocycles. The number of benzene rings is 1. The minimum absolute atomic E-state index is 0.00213. The molecule has 0 atom stereocenters. The molecule has 0 aliphatic rings. The third-order valence-electron chi connectivity index (χ3n) is 2.47. The van der Waals surface area contributed by atoms with Gasteiger partial charge in [-0.25, -0.2) is 0 Å². The Bertz CT molecular complexity index is 681. The Morgan fingerprint density at radius 1 is 1.55 bits per heavy atom. The van der Waals surface area contributed by atoms with E-state index >= 15 is 0 Å². The molecule has 0 radical (unpaired) electrons. The van der Waals surface area contributed by atoms with E-state index in [4.69, 9.17) is 16.1 Å². The second-order valence-electron chi connectivity index (χ2n) is 3.88. The highest BCUT2D eigenvalue weighted by atomic mass is 35.5. The SMILES string of the molecule is Cc1noc(C=CNc2cc(Cl)ccc2O)c1[N+](=O)[O-]. The Morgan fingerprint density at radius 2 is 2.30 bits per heavy atom. The maximum atomic E-state index is 10.8. The number of hydrogen-bond acceptors (Lipinski definition) is 6. The number of phenols is 1. The van der Waals surface area contributed by atoms with E-state index in [2.05, 4.69) is 10.5 Å². The van der Waals surface area contributed by atoms with Crippen LogP contribution in [0.2, 0.25) is 5.02 Å². The summed E-state index contributed by atoms with van der Waals surface area (Å²) in [6.45, 7) is 1.48. The predicted octanol–water partition coefficient (Wildman–Crippen LogP) is 3.33. The third kappa shape index (κ3) is 2.89. The maximum Gasteiger partial charge on any atom is 0.338 e. The molecule has 0 amide bonds. The van der Waals surface area contributed by atoms with Crippen LogP contribution in [0.1, 0.15) is 11.5 Å². The van der Waals surface area contributed by atoms with Gasteiger partial charge in [0.2, 0.25) is 5.76 Å². The van der Waals surface area contributed by atoms with Crippen molar-refractivity contribution in [1.29, 1.82) is 0 Å². The number of nitrogens with zero attached hydrogens (tertiary/aromatic N) is 2. The Labute approximate surface area is 118 Å². The van der Waals surface area contributed by atoms with E-state index in [9.17, 15) is 15.2 Å². The van der Waals surface area contributed by atoms with Gasteiger partial charge in [0.05, 0.1) is 10.6 Å². The number of aromatic hydroxyl groups is 1. The highest BCUT2D eigenvalue weighted by molar-refractivity contribution is 6.30. The van der Waals surface area contributed by atoms with Gasteiger partial charge in [0.25, 0.3) is 0 Å². The number of nitrogens with one attached hydrogen (secondary N) is 1. The molecule has 1 heterocycles. The number of aromatic nitrogens is 1. The van der Waals surface area contributed by atoms with Crippen LogP contribution in [0, 0.1) is 17.0 Å². The van der Waals surface area contributed by atoms with Crippen molar-refractivity contribution in [2.45, 2.75) is 6.92 Å². The topological polar surface area (TPSA) is 101 Å². The standard InChI is InChI=1S/C12H10ClN3O4/c1-7-12(16(18)19)11(20-15-7)4-5-14-9-6-8(13)2-3-10(9)17/h2-6,14,17H,1H3. The van der Waals surface area contributed by atoms with Gasteiger partial charge in [-0.15, -0.1) is 0 Å². The summed E-state index contributed by atoms with van der Waals surface area (Å²) >= 11 is 5.79. The van der Waals surface area contributed by atoms with Crippen molar-refractivity contribution in [2.24, 2.45) is 0 Å². The quantitative estimate of drug-likeness (QED) is 0.509.